The van der Waals surface area contributed by atoms with Crippen LogP contribution in [0.3, 0.4) is 0 Å². The fraction of sp³-hybridized carbons (Fsp3) is 0.333. The fourth-order valence-electron chi connectivity index (χ4n) is 2.64. The molecule has 9 nitrogen and oxygen atoms in total. The summed E-state index contributed by atoms with van der Waals surface area (Å²) in [4.78, 5) is 12.1. The standard InChI is InChI=1S/C18H20FN5O4S/c1-12(2)24-15(9-10-20-24)17-22-23-18(28-17)21-16(25)4-3-11-29(26,27)14-7-5-13(19)6-8-14/h5-10,12H,3-4,11H2,1-2H3,(H,21,23,25). The smallest absolute Gasteiger partial charge is 0.322 e. The second kappa shape index (κ2) is 8.52. The molecule has 0 fully saturated rings. The zero-order valence-electron chi connectivity index (χ0n) is 15.9. The van der Waals surface area contributed by atoms with Gasteiger partial charge in [0, 0.05) is 18.7 Å². The molecule has 2 heterocycles. The van der Waals surface area contributed by atoms with E-state index in [1.54, 1.807) is 16.9 Å². The number of nitrogens with zero attached hydrogens (tertiary/aromatic N) is 4. The van der Waals surface area contributed by atoms with E-state index >= 15 is 0 Å². The summed E-state index contributed by atoms with van der Waals surface area (Å²) in [5.74, 6) is -0.995. The number of halogens is 1. The van der Waals surface area contributed by atoms with Crippen LogP contribution in [0.1, 0.15) is 32.7 Å². The van der Waals surface area contributed by atoms with Crippen molar-refractivity contribution in [3.63, 3.8) is 0 Å². The molecule has 2 aromatic heterocycles. The van der Waals surface area contributed by atoms with Crippen molar-refractivity contribution in [2.75, 3.05) is 11.1 Å². The van der Waals surface area contributed by atoms with Gasteiger partial charge in [-0.15, -0.1) is 5.10 Å². The van der Waals surface area contributed by atoms with Crippen molar-refractivity contribution in [2.24, 2.45) is 0 Å². The molecule has 11 heteroatoms. The van der Waals surface area contributed by atoms with Gasteiger partial charge in [0.15, 0.2) is 9.84 Å². The number of amides is 1. The van der Waals surface area contributed by atoms with Crippen LogP contribution in [0.4, 0.5) is 10.4 Å². The highest BCUT2D eigenvalue weighted by Crippen LogP contribution is 2.22. The first-order valence-electron chi connectivity index (χ1n) is 8.92. The van der Waals surface area contributed by atoms with Crippen molar-refractivity contribution in [3.8, 4) is 11.6 Å². The van der Waals surface area contributed by atoms with Gasteiger partial charge in [0.2, 0.25) is 5.91 Å². The van der Waals surface area contributed by atoms with Crippen molar-refractivity contribution in [3.05, 3.63) is 42.3 Å². The zero-order chi connectivity index (χ0) is 21.0. The highest BCUT2D eigenvalue weighted by atomic mass is 32.2. The Morgan fingerprint density at radius 2 is 1.93 bits per heavy atom. The summed E-state index contributed by atoms with van der Waals surface area (Å²) >= 11 is 0. The van der Waals surface area contributed by atoms with E-state index < -0.39 is 21.6 Å². The van der Waals surface area contributed by atoms with E-state index in [4.69, 9.17) is 4.42 Å². The normalized spacial score (nSPS) is 11.7. The molecule has 0 spiro atoms. The number of hydrogen-bond donors (Lipinski definition) is 1. The molecule has 0 saturated heterocycles. The van der Waals surface area contributed by atoms with E-state index in [1.807, 2.05) is 13.8 Å². The lowest BCUT2D eigenvalue weighted by Crippen LogP contribution is -2.14. The number of benzene rings is 1. The minimum atomic E-state index is -3.59. The lowest BCUT2D eigenvalue weighted by Gasteiger charge is -2.07. The summed E-state index contributed by atoms with van der Waals surface area (Å²) in [7, 11) is -3.59. The van der Waals surface area contributed by atoms with Crippen LogP contribution in [0, 0.1) is 5.82 Å². The molecule has 0 saturated carbocycles. The van der Waals surface area contributed by atoms with E-state index in [0.29, 0.717) is 5.69 Å². The molecule has 154 valence electrons. The number of sulfone groups is 1. The van der Waals surface area contributed by atoms with E-state index in [-0.39, 0.29) is 41.4 Å². The Kier molecular flexibility index (Phi) is 6.06. The maximum atomic E-state index is 12.9. The number of carbonyl (C=O) groups is 1. The molecular formula is C18H20FN5O4S. The first-order chi connectivity index (χ1) is 13.8. The van der Waals surface area contributed by atoms with E-state index in [1.165, 1.54) is 12.1 Å². The van der Waals surface area contributed by atoms with Crippen molar-refractivity contribution in [2.45, 2.75) is 37.6 Å². The van der Waals surface area contributed by atoms with Gasteiger partial charge >= 0.3 is 6.01 Å². The SMILES string of the molecule is CC(C)n1nccc1-c1nnc(NC(=O)CCCS(=O)(=O)c2ccc(F)cc2)o1. The Bertz CT molecular complexity index is 1090. The summed E-state index contributed by atoms with van der Waals surface area (Å²) in [6, 6.07) is 6.30. The Hall–Kier alpha value is -3.08. The van der Waals surface area contributed by atoms with E-state index in [0.717, 1.165) is 12.1 Å². The maximum absolute atomic E-state index is 12.9. The van der Waals surface area contributed by atoms with Gasteiger partial charge in [0.05, 0.1) is 10.6 Å². The second-order valence-electron chi connectivity index (χ2n) is 6.59. The molecule has 0 unspecified atom stereocenters. The van der Waals surface area contributed by atoms with Crippen LogP contribution < -0.4 is 5.32 Å². The predicted molar refractivity (Wildman–Crippen MR) is 102 cm³/mol. The quantitative estimate of drug-likeness (QED) is 0.555. The predicted octanol–water partition coefficient (Wildman–Crippen LogP) is 2.85. The summed E-state index contributed by atoms with van der Waals surface area (Å²) in [6.45, 7) is 3.91. The number of hydrogen-bond acceptors (Lipinski definition) is 7. The average Bonchev–Trinajstić information content (AvgIpc) is 3.31. The molecule has 29 heavy (non-hydrogen) atoms. The second-order valence-corrected chi connectivity index (χ2v) is 8.70. The topological polar surface area (TPSA) is 120 Å². The van der Waals surface area contributed by atoms with Crippen LogP contribution in [-0.4, -0.2) is 40.1 Å². The molecule has 3 aromatic rings. The Balaban J connectivity index is 1.54. The van der Waals surface area contributed by atoms with Gasteiger partial charge in [-0.25, -0.2) is 12.8 Å². The largest absolute Gasteiger partial charge is 0.401 e. The minimum absolute atomic E-state index is 0.0163. The molecule has 0 aliphatic carbocycles. The highest BCUT2D eigenvalue weighted by Gasteiger charge is 2.18. The molecule has 1 N–H and O–H groups in total. The third-order valence-electron chi connectivity index (χ3n) is 4.04. The molecule has 3 rings (SSSR count). The number of anilines is 1. The first kappa shape index (κ1) is 20.6. The van der Waals surface area contributed by atoms with Crippen LogP contribution in [0.2, 0.25) is 0 Å². The van der Waals surface area contributed by atoms with Crippen molar-refractivity contribution in [1.82, 2.24) is 20.0 Å². The van der Waals surface area contributed by atoms with Gasteiger partial charge < -0.3 is 4.42 Å². The molecular weight excluding hydrogens is 401 g/mol. The third kappa shape index (κ3) is 5.05. The third-order valence-corrected chi connectivity index (χ3v) is 5.86. The van der Waals surface area contributed by atoms with Gasteiger partial charge in [-0.05, 0) is 50.6 Å². The molecule has 0 radical (unpaired) electrons. The molecule has 0 atom stereocenters. The van der Waals surface area contributed by atoms with Crippen molar-refractivity contribution < 1.29 is 22.0 Å². The van der Waals surface area contributed by atoms with Gasteiger partial charge in [-0.2, -0.15) is 5.10 Å². The van der Waals surface area contributed by atoms with Gasteiger partial charge in [-0.1, -0.05) is 5.10 Å². The Morgan fingerprint density at radius 1 is 1.21 bits per heavy atom. The van der Waals surface area contributed by atoms with Crippen LogP contribution >= 0.6 is 0 Å². The van der Waals surface area contributed by atoms with Crippen LogP contribution in [-0.2, 0) is 14.6 Å². The number of aromatic nitrogens is 4. The minimum Gasteiger partial charge on any atom is -0.401 e. The lowest BCUT2D eigenvalue weighted by atomic mass is 10.3. The van der Waals surface area contributed by atoms with E-state index in [9.17, 15) is 17.6 Å². The number of nitrogens with one attached hydrogen (secondary N) is 1. The Morgan fingerprint density at radius 3 is 2.62 bits per heavy atom. The Labute approximate surface area is 166 Å². The molecule has 0 aliphatic rings. The zero-order valence-corrected chi connectivity index (χ0v) is 16.7. The summed E-state index contributed by atoms with van der Waals surface area (Å²) in [5.41, 5.74) is 0.624. The fourth-order valence-corrected chi connectivity index (χ4v) is 3.95. The van der Waals surface area contributed by atoms with Crippen LogP contribution in [0.25, 0.3) is 11.6 Å². The number of carbonyl (C=O) groups excluding carboxylic acids is 1. The average molecular weight is 421 g/mol. The van der Waals surface area contributed by atoms with Crippen molar-refractivity contribution in [1.29, 1.82) is 0 Å². The van der Waals surface area contributed by atoms with Crippen molar-refractivity contribution >= 4 is 21.8 Å². The van der Waals surface area contributed by atoms with E-state index in [2.05, 4.69) is 20.6 Å². The summed E-state index contributed by atoms with van der Waals surface area (Å²) in [5, 5.41) is 14.3. The van der Waals surface area contributed by atoms with Gasteiger partial charge in [0.25, 0.3) is 5.89 Å². The highest BCUT2D eigenvalue weighted by molar-refractivity contribution is 7.91. The van der Waals surface area contributed by atoms with Gasteiger partial charge in [0.1, 0.15) is 11.5 Å². The molecule has 1 aromatic carbocycles. The number of rotatable bonds is 8. The molecule has 1 amide bonds. The molecule has 0 aliphatic heterocycles. The monoisotopic (exact) mass is 421 g/mol. The molecule has 0 bridgehead atoms. The van der Waals surface area contributed by atoms with Crippen LogP contribution in [0.15, 0.2) is 45.8 Å². The maximum Gasteiger partial charge on any atom is 0.322 e. The summed E-state index contributed by atoms with van der Waals surface area (Å²) < 4.78 is 44.5. The first-order valence-corrected chi connectivity index (χ1v) is 10.6. The lowest BCUT2D eigenvalue weighted by molar-refractivity contribution is -0.116. The van der Waals surface area contributed by atoms with Crippen LogP contribution in [0.5, 0.6) is 0 Å². The summed E-state index contributed by atoms with van der Waals surface area (Å²) in [6.07, 6.45) is 1.65. The van der Waals surface area contributed by atoms with Gasteiger partial charge in [-0.3, -0.25) is 14.8 Å².